The Hall–Kier alpha value is -2.36. The second-order valence-corrected chi connectivity index (χ2v) is 11.8. The standard InChI is InChI=1S/C24H26FN3O3S2/c25-19-7-9-20(10-8-19)33(30,31)28-14-11-17(12-15-28)24(29)27-13-3-4-18(16-27)23-26-21-5-1-2-6-22(21)32-23/h1-2,5-10,17-18H,3-4,11-16H2/t18-/m0/s1. The lowest BCUT2D eigenvalue weighted by atomic mass is 9.93. The van der Waals surface area contributed by atoms with Gasteiger partial charge in [0, 0.05) is 38.0 Å². The van der Waals surface area contributed by atoms with Gasteiger partial charge in [0.1, 0.15) is 5.82 Å². The molecule has 1 amide bonds. The van der Waals surface area contributed by atoms with Crippen molar-refractivity contribution in [2.45, 2.75) is 36.5 Å². The predicted octanol–water partition coefficient (Wildman–Crippen LogP) is 4.24. The number of aromatic nitrogens is 1. The van der Waals surface area contributed by atoms with Crippen molar-refractivity contribution in [3.63, 3.8) is 0 Å². The average molecular weight is 488 g/mol. The fourth-order valence-corrected chi connectivity index (χ4v) is 7.36. The monoisotopic (exact) mass is 487 g/mol. The number of benzene rings is 2. The van der Waals surface area contributed by atoms with E-state index < -0.39 is 15.8 Å². The van der Waals surface area contributed by atoms with Crippen molar-refractivity contribution in [3.05, 3.63) is 59.4 Å². The van der Waals surface area contributed by atoms with E-state index in [4.69, 9.17) is 4.98 Å². The molecule has 0 bridgehead atoms. The van der Waals surface area contributed by atoms with Gasteiger partial charge in [0.15, 0.2) is 0 Å². The number of halogens is 1. The molecule has 2 aliphatic rings. The number of hydrogen-bond acceptors (Lipinski definition) is 5. The van der Waals surface area contributed by atoms with Gasteiger partial charge in [-0.2, -0.15) is 4.31 Å². The molecule has 3 aromatic rings. The van der Waals surface area contributed by atoms with Crippen LogP contribution in [0.4, 0.5) is 4.39 Å². The van der Waals surface area contributed by atoms with Crippen LogP contribution in [0.2, 0.25) is 0 Å². The van der Waals surface area contributed by atoms with Gasteiger partial charge in [-0.25, -0.2) is 17.8 Å². The lowest BCUT2D eigenvalue weighted by Gasteiger charge is -2.37. The van der Waals surface area contributed by atoms with Crippen molar-refractivity contribution in [1.29, 1.82) is 0 Å². The molecule has 2 aliphatic heterocycles. The number of piperidine rings is 2. The lowest BCUT2D eigenvalue weighted by molar-refractivity contribution is -0.138. The normalized spacial score (nSPS) is 20.9. The summed E-state index contributed by atoms with van der Waals surface area (Å²) in [7, 11) is -3.68. The van der Waals surface area contributed by atoms with E-state index in [0.29, 0.717) is 32.5 Å². The van der Waals surface area contributed by atoms with Crippen LogP contribution in [-0.2, 0) is 14.8 Å². The van der Waals surface area contributed by atoms with E-state index in [1.807, 2.05) is 23.1 Å². The number of hydrogen-bond donors (Lipinski definition) is 0. The first kappa shape index (κ1) is 22.4. The van der Waals surface area contributed by atoms with Gasteiger partial charge in [-0.3, -0.25) is 4.79 Å². The second-order valence-electron chi connectivity index (χ2n) is 8.78. The molecule has 2 fully saturated rings. The highest BCUT2D eigenvalue weighted by atomic mass is 32.2. The minimum atomic E-state index is -3.68. The number of amides is 1. The molecule has 0 aliphatic carbocycles. The zero-order valence-corrected chi connectivity index (χ0v) is 19.8. The maximum Gasteiger partial charge on any atom is 0.243 e. The molecule has 5 rings (SSSR count). The molecule has 1 aromatic heterocycles. The first-order valence-corrected chi connectivity index (χ1v) is 13.6. The summed E-state index contributed by atoms with van der Waals surface area (Å²) in [6.07, 6.45) is 2.98. The van der Waals surface area contributed by atoms with Crippen molar-refractivity contribution < 1.29 is 17.6 Å². The first-order valence-electron chi connectivity index (χ1n) is 11.3. The van der Waals surface area contributed by atoms with E-state index in [2.05, 4.69) is 6.07 Å². The summed E-state index contributed by atoms with van der Waals surface area (Å²) in [4.78, 5) is 20.1. The van der Waals surface area contributed by atoms with Crippen LogP contribution in [0.5, 0.6) is 0 Å². The maximum atomic E-state index is 13.3. The number of thiazole rings is 1. The number of likely N-dealkylation sites (tertiary alicyclic amines) is 1. The molecule has 2 aromatic carbocycles. The molecule has 0 saturated carbocycles. The first-order chi connectivity index (χ1) is 15.9. The van der Waals surface area contributed by atoms with Crippen molar-refractivity contribution in [3.8, 4) is 0 Å². The van der Waals surface area contributed by atoms with E-state index in [1.165, 1.54) is 21.1 Å². The zero-order chi connectivity index (χ0) is 23.0. The third-order valence-electron chi connectivity index (χ3n) is 6.65. The van der Waals surface area contributed by atoms with E-state index in [-0.39, 0.29) is 22.6 Å². The molecule has 174 valence electrons. The van der Waals surface area contributed by atoms with Crippen molar-refractivity contribution >= 4 is 37.5 Å². The Morgan fingerprint density at radius 2 is 1.73 bits per heavy atom. The summed E-state index contributed by atoms with van der Waals surface area (Å²) < 4.78 is 41.5. The topological polar surface area (TPSA) is 70.6 Å². The zero-order valence-electron chi connectivity index (χ0n) is 18.2. The Labute approximate surface area is 197 Å². The number of carbonyl (C=O) groups is 1. The van der Waals surface area contributed by atoms with Crippen LogP contribution < -0.4 is 0 Å². The Bertz CT molecular complexity index is 1220. The summed E-state index contributed by atoms with van der Waals surface area (Å²) in [5, 5.41) is 1.09. The fourth-order valence-electron chi connectivity index (χ4n) is 4.80. The smallest absolute Gasteiger partial charge is 0.243 e. The van der Waals surface area contributed by atoms with Gasteiger partial charge in [0.25, 0.3) is 0 Å². The molecule has 0 unspecified atom stereocenters. The SMILES string of the molecule is O=C(C1CCN(S(=O)(=O)c2ccc(F)cc2)CC1)N1CCC[C@H](c2nc3ccccc3s2)C1. The van der Waals surface area contributed by atoms with Crippen molar-refractivity contribution in [2.75, 3.05) is 26.2 Å². The summed E-state index contributed by atoms with van der Waals surface area (Å²) >= 11 is 1.71. The largest absolute Gasteiger partial charge is 0.342 e. The van der Waals surface area contributed by atoms with Gasteiger partial charge in [0.05, 0.1) is 20.1 Å². The van der Waals surface area contributed by atoms with Crippen LogP contribution in [0.25, 0.3) is 10.2 Å². The molecule has 0 spiro atoms. The number of nitrogens with zero attached hydrogens (tertiary/aromatic N) is 3. The lowest BCUT2D eigenvalue weighted by Crippen LogP contribution is -2.46. The van der Waals surface area contributed by atoms with E-state index >= 15 is 0 Å². The molecule has 2 saturated heterocycles. The highest BCUT2D eigenvalue weighted by molar-refractivity contribution is 7.89. The van der Waals surface area contributed by atoms with Crippen LogP contribution in [0.3, 0.4) is 0 Å². The van der Waals surface area contributed by atoms with Crippen LogP contribution in [0, 0.1) is 11.7 Å². The third kappa shape index (κ3) is 4.54. The molecular weight excluding hydrogens is 461 g/mol. The molecule has 0 radical (unpaired) electrons. The molecule has 0 N–H and O–H groups in total. The summed E-state index contributed by atoms with van der Waals surface area (Å²) in [5.74, 6) is -0.263. The van der Waals surface area contributed by atoms with E-state index in [9.17, 15) is 17.6 Å². The van der Waals surface area contributed by atoms with Crippen LogP contribution in [0.15, 0.2) is 53.4 Å². The fraction of sp³-hybridized carbons (Fsp3) is 0.417. The van der Waals surface area contributed by atoms with E-state index in [0.717, 1.165) is 42.0 Å². The summed E-state index contributed by atoms with van der Waals surface area (Å²) in [6, 6.07) is 13.0. The molecular formula is C24H26FN3O3S2. The second kappa shape index (κ2) is 9.12. The Kier molecular flexibility index (Phi) is 6.20. The number of para-hydroxylation sites is 1. The van der Waals surface area contributed by atoms with Gasteiger partial charge >= 0.3 is 0 Å². The highest BCUT2D eigenvalue weighted by Gasteiger charge is 2.35. The van der Waals surface area contributed by atoms with Crippen LogP contribution >= 0.6 is 11.3 Å². The number of carbonyl (C=O) groups excluding carboxylic acids is 1. The average Bonchev–Trinajstić information content (AvgIpc) is 3.28. The molecule has 3 heterocycles. The molecule has 1 atom stereocenters. The number of sulfonamides is 1. The summed E-state index contributed by atoms with van der Waals surface area (Å²) in [6.45, 7) is 2.01. The van der Waals surface area contributed by atoms with E-state index in [1.54, 1.807) is 11.3 Å². The molecule has 9 heteroatoms. The quantitative estimate of drug-likeness (QED) is 0.552. The van der Waals surface area contributed by atoms with Crippen LogP contribution in [0.1, 0.15) is 36.6 Å². The minimum absolute atomic E-state index is 0.0865. The number of fused-ring (bicyclic) bond motifs is 1. The molecule has 6 nitrogen and oxygen atoms in total. The van der Waals surface area contributed by atoms with Gasteiger partial charge in [-0.1, -0.05) is 12.1 Å². The maximum absolute atomic E-state index is 13.3. The predicted molar refractivity (Wildman–Crippen MR) is 126 cm³/mol. The van der Waals surface area contributed by atoms with Crippen LogP contribution in [-0.4, -0.2) is 54.7 Å². The highest BCUT2D eigenvalue weighted by Crippen LogP contribution is 2.34. The molecule has 33 heavy (non-hydrogen) atoms. The van der Waals surface area contributed by atoms with Gasteiger partial charge in [0.2, 0.25) is 15.9 Å². The Balaban J connectivity index is 1.22. The van der Waals surface area contributed by atoms with Gasteiger partial charge in [-0.15, -0.1) is 11.3 Å². The Morgan fingerprint density at radius 3 is 2.45 bits per heavy atom. The van der Waals surface area contributed by atoms with Gasteiger partial charge < -0.3 is 4.90 Å². The minimum Gasteiger partial charge on any atom is -0.342 e. The Morgan fingerprint density at radius 1 is 1.00 bits per heavy atom. The third-order valence-corrected chi connectivity index (χ3v) is 9.76. The van der Waals surface area contributed by atoms with Gasteiger partial charge in [-0.05, 0) is 62.1 Å². The summed E-state index contributed by atoms with van der Waals surface area (Å²) in [5.41, 5.74) is 1.01. The van der Waals surface area contributed by atoms with Crippen molar-refractivity contribution in [2.24, 2.45) is 5.92 Å². The van der Waals surface area contributed by atoms with Crippen molar-refractivity contribution in [1.82, 2.24) is 14.2 Å². The number of rotatable bonds is 4.